The Kier molecular flexibility index (Phi) is 2.99. The summed E-state index contributed by atoms with van der Waals surface area (Å²) in [5, 5.41) is 3.54. The van der Waals surface area contributed by atoms with E-state index in [9.17, 15) is 4.79 Å². The van der Waals surface area contributed by atoms with Gasteiger partial charge in [0.05, 0.1) is 0 Å². The quantitative estimate of drug-likeness (QED) is 0.787. The van der Waals surface area contributed by atoms with Gasteiger partial charge >= 0.3 is 0 Å². The fourth-order valence-corrected chi connectivity index (χ4v) is 4.41. The number of hydrogen-bond acceptors (Lipinski definition) is 3. The average molecular weight is 236 g/mol. The lowest BCUT2D eigenvalue weighted by Gasteiger charge is -2.57. The van der Waals surface area contributed by atoms with Gasteiger partial charge in [-0.05, 0) is 30.7 Å². The molecule has 0 bridgehead atoms. The van der Waals surface area contributed by atoms with E-state index in [4.69, 9.17) is 0 Å². The zero-order valence-corrected chi connectivity index (χ0v) is 10.9. The van der Waals surface area contributed by atoms with Gasteiger partial charge in [-0.3, -0.25) is 9.69 Å². The van der Waals surface area contributed by atoms with E-state index >= 15 is 0 Å². The standard InChI is InChI=1S/C14H24N2O/c1-2-12-13(9-14(12)5-6-15-10-14)16-7-3-11(17)4-8-16/h12-13,15H,2-10H2,1H3. The van der Waals surface area contributed by atoms with Crippen LogP contribution in [-0.4, -0.2) is 42.9 Å². The van der Waals surface area contributed by atoms with Crippen molar-refractivity contribution < 1.29 is 4.79 Å². The maximum Gasteiger partial charge on any atom is 0.135 e. The lowest BCUT2D eigenvalue weighted by molar-refractivity contribution is -0.125. The normalized spacial score (nSPS) is 43.0. The van der Waals surface area contributed by atoms with Gasteiger partial charge in [0.25, 0.3) is 0 Å². The van der Waals surface area contributed by atoms with Gasteiger partial charge < -0.3 is 5.32 Å². The molecule has 3 fully saturated rings. The van der Waals surface area contributed by atoms with Crippen molar-refractivity contribution in [2.75, 3.05) is 26.2 Å². The number of piperidine rings is 1. The second-order valence-electron chi connectivity index (χ2n) is 6.15. The van der Waals surface area contributed by atoms with E-state index < -0.39 is 0 Å². The van der Waals surface area contributed by atoms with Crippen molar-refractivity contribution in [2.24, 2.45) is 11.3 Å². The Balaban J connectivity index is 1.64. The van der Waals surface area contributed by atoms with Gasteiger partial charge in [0.1, 0.15) is 5.78 Å². The van der Waals surface area contributed by atoms with Crippen LogP contribution in [0.25, 0.3) is 0 Å². The molecule has 1 saturated carbocycles. The van der Waals surface area contributed by atoms with Crippen LogP contribution >= 0.6 is 0 Å². The smallest absolute Gasteiger partial charge is 0.135 e. The van der Waals surface area contributed by atoms with Crippen molar-refractivity contribution in [1.29, 1.82) is 0 Å². The molecule has 1 spiro atoms. The molecule has 0 amide bonds. The molecule has 2 heterocycles. The summed E-state index contributed by atoms with van der Waals surface area (Å²) in [4.78, 5) is 13.9. The molecule has 3 rings (SSSR count). The molecule has 17 heavy (non-hydrogen) atoms. The maximum absolute atomic E-state index is 11.3. The van der Waals surface area contributed by atoms with Gasteiger partial charge in [0, 0.05) is 38.5 Å². The Hall–Kier alpha value is -0.410. The molecule has 1 N–H and O–H groups in total. The second kappa shape index (κ2) is 4.36. The maximum atomic E-state index is 11.3. The summed E-state index contributed by atoms with van der Waals surface area (Å²) in [6, 6.07) is 0.771. The molecule has 2 saturated heterocycles. The molecule has 3 atom stereocenters. The molecule has 3 nitrogen and oxygen atoms in total. The highest BCUT2D eigenvalue weighted by atomic mass is 16.1. The molecular formula is C14H24N2O. The third-order valence-electron chi connectivity index (χ3n) is 5.41. The number of Topliss-reactive ketones (excluding diaryl/α,β-unsaturated/α-hetero) is 1. The molecule has 3 heteroatoms. The highest BCUT2D eigenvalue weighted by Crippen LogP contribution is 2.54. The van der Waals surface area contributed by atoms with Gasteiger partial charge in [-0.15, -0.1) is 0 Å². The summed E-state index contributed by atoms with van der Waals surface area (Å²) in [6.07, 6.45) is 5.62. The number of hydrogen-bond donors (Lipinski definition) is 1. The number of nitrogens with zero attached hydrogens (tertiary/aromatic N) is 1. The topological polar surface area (TPSA) is 32.3 Å². The van der Waals surface area contributed by atoms with Crippen LogP contribution in [-0.2, 0) is 4.79 Å². The molecule has 1 aliphatic carbocycles. The van der Waals surface area contributed by atoms with E-state index in [1.807, 2.05) is 0 Å². The Morgan fingerprint density at radius 1 is 1.41 bits per heavy atom. The van der Waals surface area contributed by atoms with Crippen LogP contribution in [0.1, 0.15) is 39.0 Å². The van der Waals surface area contributed by atoms with Crippen LogP contribution < -0.4 is 5.32 Å². The van der Waals surface area contributed by atoms with E-state index in [-0.39, 0.29) is 0 Å². The fraction of sp³-hybridized carbons (Fsp3) is 0.929. The molecule has 0 aromatic rings. The molecule has 96 valence electrons. The van der Waals surface area contributed by atoms with E-state index in [1.54, 1.807) is 0 Å². The zero-order valence-electron chi connectivity index (χ0n) is 10.9. The average Bonchev–Trinajstić information content (AvgIpc) is 2.79. The number of nitrogens with one attached hydrogen (secondary N) is 1. The SMILES string of the molecule is CCC1C(N2CCC(=O)CC2)CC12CCNC2. The van der Waals surface area contributed by atoms with Crippen molar-refractivity contribution in [3.05, 3.63) is 0 Å². The molecule has 0 aromatic carbocycles. The van der Waals surface area contributed by atoms with Crippen molar-refractivity contribution >= 4 is 5.78 Å². The Morgan fingerprint density at radius 3 is 2.76 bits per heavy atom. The molecular weight excluding hydrogens is 212 g/mol. The van der Waals surface area contributed by atoms with Crippen LogP contribution in [0.2, 0.25) is 0 Å². The first kappa shape index (κ1) is 11.7. The Bertz CT molecular complexity index is 299. The van der Waals surface area contributed by atoms with Crippen molar-refractivity contribution in [3.8, 4) is 0 Å². The molecule has 3 aliphatic rings. The minimum atomic E-state index is 0.464. The predicted molar refractivity (Wildman–Crippen MR) is 67.9 cm³/mol. The van der Waals surface area contributed by atoms with Gasteiger partial charge in [0.15, 0.2) is 0 Å². The van der Waals surface area contributed by atoms with Gasteiger partial charge in [-0.25, -0.2) is 0 Å². The minimum absolute atomic E-state index is 0.464. The van der Waals surface area contributed by atoms with Crippen LogP contribution in [0.5, 0.6) is 0 Å². The van der Waals surface area contributed by atoms with Crippen molar-refractivity contribution in [1.82, 2.24) is 10.2 Å². The highest BCUT2D eigenvalue weighted by Gasteiger charge is 2.55. The lowest BCUT2D eigenvalue weighted by atomic mass is 9.55. The first-order valence-corrected chi connectivity index (χ1v) is 7.22. The Morgan fingerprint density at radius 2 is 2.18 bits per heavy atom. The van der Waals surface area contributed by atoms with Gasteiger partial charge in [-0.1, -0.05) is 13.3 Å². The largest absolute Gasteiger partial charge is 0.316 e. The van der Waals surface area contributed by atoms with E-state index in [0.29, 0.717) is 11.2 Å². The number of ketones is 1. The van der Waals surface area contributed by atoms with Crippen LogP contribution in [0.4, 0.5) is 0 Å². The first-order chi connectivity index (χ1) is 8.25. The molecule has 3 unspecified atom stereocenters. The molecule has 2 aliphatic heterocycles. The summed E-state index contributed by atoms with van der Waals surface area (Å²) >= 11 is 0. The number of likely N-dealkylation sites (tertiary alicyclic amines) is 1. The summed E-state index contributed by atoms with van der Waals surface area (Å²) in [6.45, 7) is 6.81. The van der Waals surface area contributed by atoms with Crippen LogP contribution in [0, 0.1) is 11.3 Å². The highest BCUT2D eigenvalue weighted by molar-refractivity contribution is 5.79. The Labute approximate surface area is 104 Å². The van der Waals surface area contributed by atoms with Crippen molar-refractivity contribution in [3.63, 3.8) is 0 Å². The van der Waals surface area contributed by atoms with Crippen LogP contribution in [0.3, 0.4) is 0 Å². The monoisotopic (exact) mass is 236 g/mol. The first-order valence-electron chi connectivity index (χ1n) is 7.22. The van der Waals surface area contributed by atoms with Gasteiger partial charge in [-0.2, -0.15) is 0 Å². The van der Waals surface area contributed by atoms with E-state index in [2.05, 4.69) is 17.1 Å². The summed E-state index contributed by atoms with van der Waals surface area (Å²) < 4.78 is 0. The summed E-state index contributed by atoms with van der Waals surface area (Å²) in [5.74, 6) is 1.33. The summed E-state index contributed by atoms with van der Waals surface area (Å²) in [7, 11) is 0. The third kappa shape index (κ3) is 1.84. The number of rotatable bonds is 2. The van der Waals surface area contributed by atoms with E-state index in [0.717, 1.165) is 37.9 Å². The minimum Gasteiger partial charge on any atom is -0.316 e. The van der Waals surface area contributed by atoms with E-state index in [1.165, 1.54) is 32.4 Å². The molecule has 0 radical (unpaired) electrons. The zero-order chi connectivity index (χ0) is 11.9. The third-order valence-corrected chi connectivity index (χ3v) is 5.41. The van der Waals surface area contributed by atoms with Gasteiger partial charge in [0.2, 0.25) is 0 Å². The predicted octanol–water partition coefficient (Wildman–Crippen LogP) is 1.43. The number of carbonyl (C=O) groups is 1. The second-order valence-corrected chi connectivity index (χ2v) is 6.15. The fourth-order valence-electron chi connectivity index (χ4n) is 4.41. The number of carbonyl (C=O) groups excluding carboxylic acids is 1. The van der Waals surface area contributed by atoms with Crippen LogP contribution in [0.15, 0.2) is 0 Å². The molecule has 0 aromatic heterocycles. The van der Waals surface area contributed by atoms with Crippen molar-refractivity contribution in [2.45, 2.75) is 45.1 Å². The summed E-state index contributed by atoms with van der Waals surface area (Å²) in [5.41, 5.74) is 0.612. The lowest BCUT2D eigenvalue weighted by Crippen LogP contribution is -2.61.